The summed E-state index contributed by atoms with van der Waals surface area (Å²) in [5, 5.41) is 15.9. The summed E-state index contributed by atoms with van der Waals surface area (Å²) >= 11 is 1.16. The number of hydrogen-bond acceptors (Lipinski definition) is 5. The lowest BCUT2D eigenvalue weighted by molar-refractivity contribution is -0.119. The molecule has 0 radical (unpaired) electrons. The Morgan fingerprint density at radius 3 is 2.75 bits per heavy atom. The highest BCUT2D eigenvalue weighted by atomic mass is 32.1. The number of nitrogens with zero attached hydrogens (tertiary/aromatic N) is 1. The molecule has 1 amide bonds. The third-order valence-corrected chi connectivity index (χ3v) is 2.37. The Balaban J connectivity index is 2.42. The summed E-state index contributed by atoms with van der Waals surface area (Å²) in [5.74, 6) is -1.22. The van der Waals surface area contributed by atoms with Crippen molar-refractivity contribution >= 4 is 28.3 Å². The molecule has 0 unspecified atom stereocenters. The van der Waals surface area contributed by atoms with Crippen LogP contribution in [0.4, 0.5) is 5.13 Å². The Labute approximate surface area is 96.7 Å². The summed E-state index contributed by atoms with van der Waals surface area (Å²) in [6.45, 7) is 3.82. The van der Waals surface area contributed by atoms with Crippen molar-refractivity contribution in [2.45, 2.75) is 19.9 Å². The molecule has 1 heterocycles. The minimum Gasteiger partial charge on any atom is -0.476 e. The predicted octanol–water partition coefficient (Wildman–Crippen LogP) is 0.778. The highest BCUT2D eigenvalue weighted by Gasteiger charge is 2.09. The monoisotopic (exact) mass is 243 g/mol. The number of thiazole rings is 1. The van der Waals surface area contributed by atoms with Crippen LogP contribution in [-0.4, -0.2) is 34.6 Å². The largest absolute Gasteiger partial charge is 0.476 e. The molecule has 1 rings (SSSR count). The first kappa shape index (κ1) is 12.4. The number of carbonyl (C=O) groups is 2. The highest BCUT2D eigenvalue weighted by Crippen LogP contribution is 2.14. The van der Waals surface area contributed by atoms with E-state index in [1.54, 1.807) is 0 Å². The first-order chi connectivity index (χ1) is 7.49. The Hall–Kier alpha value is -1.63. The molecular formula is C9H13N3O3S. The van der Waals surface area contributed by atoms with Crippen LogP contribution in [0.15, 0.2) is 5.38 Å². The fourth-order valence-corrected chi connectivity index (χ4v) is 1.67. The van der Waals surface area contributed by atoms with Gasteiger partial charge in [0.25, 0.3) is 0 Å². The first-order valence-corrected chi connectivity index (χ1v) is 5.59. The summed E-state index contributed by atoms with van der Waals surface area (Å²) in [4.78, 5) is 25.6. The molecule has 0 atom stereocenters. The Bertz CT molecular complexity index is 389. The van der Waals surface area contributed by atoms with Gasteiger partial charge in [-0.3, -0.25) is 4.79 Å². The van der Waals surface area contributed by atoms with Crippen molar-refractivity contribution in [1.29, 1.82) is 0 Å². The first-order valence-electron chi connectivity index (χ1n) is 4.71. The Morgan fingerprint density at radius 1 is 1.56 bits per heavy atom. The van der Waals surface area contributed by atoms with E-state index in [9.17, 15) is 9.59 Å². The van der Waals surface area contributed by atoms with Crippen LogP contribution in [0.5, 0.6) is 0 Å². The van der Waals surface area contributed by atoms with Crippen molar-refractivity contribution in [2.24, 2.45) is 0 Å². The zero-order chi connectivity index (χ0) is 12.1. The molecule has 7 heteroatoms. The second kappa shape index (κ2) is 5.45. The van der Waals surface area contributed by atoms with E-state index in [1.165, 1.54) is 5.38 Å². The molecule has 16 heavy (non-hydrogen) atoms. The maximum absolute atomic E-state index is 11.3. The molecule has 6 nitrogen and oxygen atoms in total. The van der Waals surface area contributed by atoms with Gasteiger partial charge in [0.15, 0.2) is 10.8 Å². The standard InChI is InChI=1S/C9H13N3O3S/c1-5(2)11-7(13)3-10-9-12-6(4-16-9)8(14)15/h4-5H,3H2,1-2H3,(H,10,12)(H,11,13)(H,14,15). The van der Waals surface area contributed by atoms with Gasteiger partial charge in [0.1, 0.15) is 0 Å². The molecule has 1 aromatic heterocycles. The number of hydrogen-bond donors (Lipinski definition) is 3. The van der Waals surface area contributed by atoms with Crippen LogP contribution in [0.3, 0.4) is 0 Å². The third kappa shape index (κ3) is 3.85. The van der Waals surface area contributed by atoms with Crippen LogP contribution in [-0.2, 0) is 4.79 Å². The van der Waals surface area contributed by atoms with Gasteiger partial charge in [-0.1, -0.05) is 0 Å². The molecule has 1 aromatic rings. The Kier molecular flexibility index (Phi) is 4.24. The lowest BCUT2D eigenvalue weighted by Crippen LogP contribution is -2.34. The van der Waals surface area contributed by atoms with E-state index >= 15 is 0 Å². The van der Waals surface area contributed by atoms with Crippen molar-refractivity contribution in [3.05, 3.63) is 11.1 Å². The summed E-state index contributed by atoms with van der Waals surface area (Å²) in [7, 11) is 0. The van der Waals surface area contributed by atoms with E-state index in [2.05, 4.69) is 15.6 Å². The zero-order valence-corrected chi connectivity index (χ0v) is 9.80. The minimum atomic E-state index is -1.07. The average Bonchev–Trinajstić information content (AvgIpc) is 2.61. The number of aromatic carboxylic acids is 1. The molecule has 0 aliphatic heterocycles. The van der Waals surface area contributed by atoms with E-state index in [-0.39, 0.29) is 24.2 Å². The molecule has 0 spiro atoms. The van der Waals surface area contributed by atoms with Crippen molar-refractivity contribution in [3.8, 4) is 0 Å². The van der Waals surface area contributed by atoms with Crippen molar-refractivity contribution in [1.82, 2.24) is 10.3 Å². The van der Waals surface area contributed by atoms with E-state index in [1.807, 2.05) is 13.8 Å². The fraction of sp³-hybridized carbons (Fsp3) is 0.444. The normalized spacial score (nSPS) is 10.2. The number of rotatable bonds is 5. The van der Waals surface area contributed by atoms with Gasteiger partial charge in [0.05, 0.1) is 6.54 Å². The van der Waals surface area contributed by atoms with E-state index in [0.717, 1.165) is 11.3 Å². The van der Waals surface area contributed by atoms with Gasteiger partial charge in [-0.05, 0) is 13.8 Å². The van der Waals surface area contributed by atoms with Crippen molar-refractivity contribution < 1.29 is 14.7 Å². The fourth-order valence-electron chi connectivity index (χ4n) is 0.982. The summed E-state index contributed by atoms with van der Waals surface area (Å²) in [6, 6.07) is 0.0835. The third-order valence-electron chi connectivity index (χ3n) is 1.57. The molecule has 0 fully saturated rings. The van der Waals surface area contributed by atoms with E-state index < -0.39 is 5.97 Å². The second-order valence-electron chi connectivity index (χ2n) is 3.42. The lowest BCUT2D eigenvalue weighted by atomic mass is 10.4. The van der Waals surface area contributed by atoms with Crippen LogP contribution in [0.2, 0.25) is 0 Å². The number of nitrogens with one attached hydrogen (secondary N) is 2. The van der Waals surface area contributed by atoms with Gasteiger partial charge in [0.2, 0.25) is 5.91 Å². The minimum absolute atomic E-state index is 0.0169. The molecular weight excluding hydrogens is 230 g/mol. The Morgan fingerprint density at radius 2 is 2.25 bits per heavy atom. The predicted molar refractivity (Wildman–Crippen MR) is 60.8 cm³/mol. The van der Waals surface area contributed by atoms with Crippen LogP contribution in [0.25, 0.3) is 0 Å². The SMILES string of the molecule is CC(C)NC(=O)CNc1nc(C(=O)O)cs1. The summed E-state index contributed by atoms with van der Waals surface area (Å²) < 4.78 is 0. The topological polar surface area (TPSA) is 91.3 Å². The molecule has 0 aromatic carbocycles. The van der Waals surface area contributed by atoms with Crippen LogP contribution in [0, 0.1) is 0 Å². The van der Waals surface area contributed by atoms with Gasteiger partial charge in [-0.2, -0.15) is 0 Å². The van der Waals surface area contributed by atoms with Crippen LogP contribution in [0.1, 0.15) is 24.3 Å². The number of carbonyl (C=O) groups excluding carboxylic acids is 1. The molecule has 0 saturated carbocycles. The quantitative estimate of drug-likeness (QED) is 0.710. The van der Waals surface area contributed by atoms with Gasteiger partial charge >= 0.3 is 5.97 Å². The summed E-state index contributed by atoms with van der Waals surface area (Å²) in [5.41, 5.74) is -0.0169. The molecule has 0 aliphatic carbocycles. The zero-order valence-electron chi connectivity index (χ0n) is 8.98. The number of aromatic nitrogens is 1. The molecule has 0 saturated heterocycles. The average molecular weight is 243 g/mol. The maximum Gasteiger partial charge on any atom is 0.355 e. The van der Waals surface area contributed by atoms with Crippen LogP contribution >= 0.6 is 11.3 Å². The number of carboxylic acid groups (broad SMARTS) is 1. The molecule has 3 N–H and O–H groups in total. The number of amides is 1. The summed E-state index contributed by atoms with van der Waals surface area (Å²) in [6.07, 6.45) is 0. The lowest BCUT2D eigenvalue weighted by Gasteiger charge is -2.08. The van der Waals surface area contributed by atoms with Gasteiger partial charge in [-0.15, -0.1) is 11.3 Å². The molecule has 0 aliphatic rings. The van der Waals surface area contributed by atoms with Crippen LogP contribution < -0.4 is 10.6 Å². The second-order valence-corrected chi connectivity index (χ2v) is 4.28. The van der Waals surface area contributed by atoms with E-state index in [4.69, 9.17) is 5.11 Å². The number of anilines is 1. The molecule has 0 bridgehead atoms. The molecule has 88 valence electrons. The number of carboxylic acids is 1. The van der Waals surface area contributed by atoms with Gasteiger partial charge < -0.3 is 15.7 Å². The smallest absolute Gasteiger partial charge is 0.355 e. The highest BCUT2D eigenvalue weighted by molar-refractivity contribution is 7.13. The van der Waals surface area contributed by atoms with Crippen molar-refractivity contribution in [2.75, 3.05) is 11.9 Å². The van der Waals surface area contributed by atoms with Gasteiger partial charge in [-0.25, -0.2) is 9.78 Å². The van der Waals surface area contributed by atoms with E-state index in [0.29, 0.717) is 5.13 Å². The van der Waals surface area contributed by atoms with Crippen molar-refractivity contribution in [3.63, 3.8) is 0 Å². The maximum atomic E-state index is 11.3. The van der Waals surface area contributed by atoms with Gasteiger partial charge in [0, 0.05) is 11.4 Å².